The number of piperidine rings is 1. The molecule has 8 heteroatoms. The van der Waals surface area contributed by atoms with Crippen molar-refractivity contribution in [2.75, 3.05) is 13.1 Å². The van der Waals surface area contributed by atoms with E-state index in [0.717, 1.165) is 5.56 Å². The van der Waals surface area contributed by atoms with Crippen LogP contribution in [0.1, 0.15) is 28.8 Å². The van der Waals surface area contributed by atoms with Crippen molar-refractivity contribution in [3.63, 3.8) is 0 Å². The summed E-state index contributed by atoms with van der Waals surface area (Å²) in [5.74, 6) is -1.87. The molecule has 1 aromatic rings. The number of carbonyl (C=O) groups excluding carboxylic acids is 2. The molecule has 1 fully saturated rings. The third-order valence-electron chi connectivity index (χ3n) is 3.84. The Labute approximate surface area is 131 Å². The van der Waals surface area contributed by atoms with Crippen molar-refractivity contribution >= 4 is 11.9 Å². The number of rotatable bonds is 3. The van der Waals surface area contributed by atoms with Crippen molar-refractivity contribution < 1.29 is 22.8 Å². The van der Waals surface area contributed by atoms with Crippen LogP contribution in [0, 0.1) is 5.92 Å². The number of alkyl halides is 3. The maximum absolute atomic E-state index is 12.8. The van der Waals surface area contributed by atoms with E-state index in [-0.39, 0.29) is 19.5 Å². The second-order valence-corrected chi connectivity index (χ2v) is 5.55. The Kier molecular flexibility index (Phi) is 5.12. The summed E-state index contributed by atoms with van der Waals surface area (Å²) in [6, 6.07) is 5.69. The molecule has 1 saturated heterocycles. The van der Waals surface area contributed by atoms with Crippen molar-refractivity contribution in [2.24, 2.45) is 11.7 Å². The Hall–Kier alpha value is -2.25. The number of nitrogens with zero attached hydrogens (tertiary/aromatic N) is 1. The summed E-state index contributed by atoms with van der Waals surface area (Å²) in [6.07, 6.45) is -3.87. The van der Waals surface area contributed by atoms with E-state index in [1.165, 1.54) is 17.0 Å². The van der Waals surface area contributed by atoms with Crippen molar-refractivity contribution in [3.8, 4) is 0 Å². The SMILES string of the molecule is NC(=O)NCc1ccc(C(=O)N2CCC[C@@H](C(F)(F)F)C2)cc1. The number of amides is 3. The number of nitrogens with two attached hydrogens (primary N) is 1. The van der Waals surface area contributed by atoms with Gasteiger partial charge in [0.15, 0.2) is 0 Å². The minimum Gasteiger partial charge on any atom is -0.352 e. The maximum atomic E-state index is 12.8. The van der Waals surface area contributed by atoms with Gasteiger partial charge < -0.3 is 16.0 Å². The Morgan fingerprint density at radius 3 is 2.48 bits per heavy atom. The molecule has 2 rings (SSSR count). The zero-order chi connectivity index (χ0) is 17.0. The molecule has 0 aromatic heterocycles. The predicted octanol–water partition coefficient (Wildman–Crippen LogP) is 2.27. The zero-order valence-corrected chi connectivity index (χ0v) is 12.4. The van der Waals surface area contributed by atoms with Crippen molar-refractivity contribution in [3.05, 3.63) is 35.4 Å². The number of urea groups is 1. The highest BCUT2D eigenvalue weighted by Crippen LogP contribution is 2.33. The Morgan fingerprint density at radius 1 is 1.26 bits per heavy atom. The molecule has 0 unspecified atom stereocenters. The van der Waals surface area contributed by atoms with Gasteiger partial charge in [-0.2, -0.15) is 13.2 Å². The lowest BCUT2D eigenvalue weighted by Crippen LogP contribution is -2.44. The Balaban J connectivity index is 2.01. The highest BCUT2D eigenvalue weighted by atomic mass is 19.4. The minimum atomic E-state index is -4.27. The van der Waals surface area contributed by atoms with Gasteiger partial charge in [0.2, 0.25) is 0 Å². The minimum absolute atomic E-state index is 0.0605. The molecule has 0 saturated carbocycles. The molecule has 0 aliphatic carbocycles. The number of nitrogens with one attached hydrogen (secondary N) is 1. The monoisotopic (exact) mass is 329 g/mol. The number of halogens is 3. The molecule has 23 heavy (non-hydrogen) atoms. The van der Waals surface area contributed by atoms with Gasteiger partial charge in [0.25, 0.3) is 5.91 Å². The third kappa shape index (κ3) is 4.61. The van der Waals surface area contributed by atoms with E-state index in [9.17, 15) is 22.8 Å². The van der Waals surface area contributed by atoms with Crippen LogP contribution in [0.25, 0.3) is 0 Å². The summed E-state index contributed by atoms with van der Waals surface area (Å²) >= 11 is 0. The molecule has 1 heterocycles. The molecule has 1 aliphatic rings. The fourth-order valence-electron chi connectivity index (χ4n) is 2.57. The van der Waals surface area contributed by atoms with Crippen LogP contribution in [0.2, 0.25) is 0 Å². The fourth-order valence-corrected chi connectivity index (χ4v) is 2.57. The second kappa shape index (κ2) is 6.89. The van der Waals surface area contributed by atoms with Gasteiger partial charge >= 0.3 is 12.2 Å². The van der Waals surface area contributed by atoms with E-state index in [2.05, 4.69) is 5.32 Å². The maximum Gasteiger partial charge on any atom is 0.393 e. The number of likely N-dealkylation sites (tertiary alicyclic amines) is 1. The van der Waals surface area contributed by atoms with E-state index in [4.69, 9.17) is 5.73 Å². The average molecular weight is 329 g/mol. The molecular formula is C15H18F3N3O2. The highest BCUT2D eigenvalue weighted by Gasteiger charge is 2.42. The molecule has 0 bridgehead atoms. The quantitative estimate of drug-likeness (QED) is 0.892. The summed E-state index contributed by atoms with van der Waals surface area (Å²) in [4.78, 5) is 24.2. The van der Waals surface area contributed by atoms with Gasteiger partial charge in [-0.05, 0) is 30.5 Å². The molecular weight excluding hydrogens is 311 g/mol. The van der Waals surface area contributed by atoms with Gasteiger partial charge in [0.1, 0.15) is 0 Å². The summed E-state index contributed by atoms with van der Waals surface area (Å²) in [6.45, 7) is 0.257. The third-order valence-corrected chi connectivity index (χ3v) is 3.84. The standard InChI is InChI=1S/C15H18F3N3O2/c16-15(17,18)12-2-1-7-21(9-12)13(22)11-5-3-10(4-6-11)8-20-14(19)23/h3-6,12H,1-2,7-9H2,(H3,19,20,23)/t12-/m1/s1. The van der Waals surface area contributed by atoms with Crippen LogP contribution in [0.5, 0.6) is 0 Å². The van der Waals surface area contributed by atoms with Gasteiger partial charge in [0, 0.05) is 25.2 Å². The smallest absolute Gasteiger partial charge is 0.352 e. The van der Waals surface area contributed by atoms with E-state index >= 15 is 0 Å². The van der Waals surface area contributed by atoms with Crippen LogP contribution in [0.3, 0.4) is 0 Å². The molecule has 0 spiro atoms. The lowest BCUT2D eigenvalue weighted by Gasteiger charge is -2.33. The van der Waals surface area contributed by atoms with Gasteiger partial charge in [-0.25, -0.2) is 4.79 Å². The van der Waals surface area contributed by atoms with E-state index in [1.54, 1.807) is 12.1 Å². The van der Waals surface area contributed by atoms with Crippen LogP contribution in [0.4, 0.5) is 18.0 Å². The number of carbonyl (C=O) groups is 2. The average Bonchev–Trinajstić information content (AvgIpc) is 2.52. The summed E-state index contributed by atoms with van der Waals surface area (Å²) in [5.41, 5.74) is 6.03. The van der Waals surface area contributed by atoms with Gasteiger partial charge in [-0.15, -0.1) is 0 Å². The van der Waals surface area contributed by atoms with Gasteiger partial charge in [-0.3, -0.25) is 4.79 Å². The highest BCUT2D eigenvalue weighted by molar-refractivity contribution is 5.94. The predicted molar refractivity (Wildman–Crippen MR) is 77.5 cm³/mol. The van der Waals surface area contributed by atoms with E-state index < -0.39 is 24.0 Å². The first-order valence-electron chi connectivity index (χ1n) is 7.25. The summed E-state index contributed by atoms with van der Waals surface area (Å²) < 4.78 is 38.4. The topological polar surface area (TPSA) is 75.4 Å². The molecule has 1 atom stereocenters. The molecule has 1 aliphatic heterocycles. The molecule has 3 amide bonds. The van der Waals surface area contributed by atoms with Crippen LogP contribution in [-0.2, 0) is 6.54 Å². The number of benzene rings is 1. The van der Waals surface area contributed by atoms with Crippen molar-refractivity contribution in [2.45, 2.75) is 25.6 Å². The molecule has 5 nitrogen and oxygen atoms in total. The Bertz CT molecular complexity index is 572. The first-order valence-corrected chi connectivity index (χ1v) is 7.25. The lowest BCUT2D eigenvalue weighted by molar-refractivity contribution is -0.184. The first kappa shape index (κ1) is 17.1. The molecule has 3 N–H and O–H groups in total. The largest absolute Gasteiger partial charge is 0.393 e. The normalized spacial score (nSPS) is 18.6. The zero-order valence-electron chi connectivity index (χ0n) is 12.4. The van der Waals surface area contributed by atoms with Gasteiger partial charge in [0.05, 0.1) is 5.92 Å². The van der Waals surface area contributed by atoms with Crippen molar-refractivity contribution in [1.82, 2.24) is 10.2 Å². The summed E-state index contributed by atoms with van der Waals surface area (Å²) in [7, 11) is 0. The van der Waals surface area contributed by atoms with E-state index in [1.807, 2.05) is 0 Å². The molecule has 126 valence electrons. The molecule has 1 aromatic carbocycles. The van der Waals surface area contributed by atoms with Crippen LogP contribution in [-0.4, -0.2) is 36.1 Å². The van der Waals surface area contributed by atoms with Crippen LogP contribution >= 0.6 is 0 Å². The summed E-state index contributed by atoms with van der Waals surface area (Å²) in [5, 5.41) is 2.41. The second-order valence-electron chi connectivity index (χ2n) is 5.55. The van der Waals surface area contributed by atoms with Crippen molar-refractivity contribution in [1.29, 1.82) is 0 Å². The van der Waals surface area contributed by atoms with Gasteiger partial charge in [-0.1, -0.05) is 12.1 Å². The number of primary amides is 1. The Morgan fingerprint density at radius 2 is 1.91 bits per heavy atom. The van der Waals surface area contributed by atoms with Crippen LogP contribution < -0.4 is 11.1 Å². The molecule has 0 radical (unpaired) electrons. The van der Waals surface area contributed by atoms with E-state index in [0.29, 0.717) is 18.5 Å². The number of hydrogen-bond acceptors (Lipinski definition) is 2. The lowest BCUT2D eigenvalue weighted by atomic mass is 9.97. The fraction of sp³-hybridized carbons (Fsp3) is 0.467. The first-order chi connectivity index (χ1) is 10.8. The number of hydrogen-bond donors (Lipinski definition) is 2. The van der Waals surface area contributed by atoms with Crippen LogP contribution in [0.15, 0.2) is 24.3 Å².